The zero-order chi connectivity index (χ0) is 15.0. The highest BCUT2D eigenvalue weighted by Crippen LogP contribution is 2.24. The fourth-order valence-corrected chi connectivity index (χ4v) is 1.47. The van der Waals surface area contributed by atoms with E-state index in [4.69, 9.17) is 24.7 Å². The number of hydrogen-bond acceptors (Lipinski definition) is 6. The molecule has 0 fully saturated rings. The first kappa shape index (κ1) is 16.2. The summed E-state index contributed by atoms with van der Waals surface area (Å²) in [5, 5.41) is 9.50. The Bertz CT molecular complexity index is 437. The zero-order valence-electron chi connectivity index (χ0n) is 11.5. The molecule has 0 saturated heterocycles. The number of rotatable bonds is 9. The van der Waals surface area contributed by atoms with Gasteiger partial charge in [0, 0.05) is 14.2 Å². The molecule has 0 spiro atoms. The quantitative estimate of drug-likeness (QED) is 0.627. The summed E-state index contributed by atoms with van der Waals surface area (Å²) in [5.74, 6) is 0.0620. The van der Waals surface area contributed by atoms with Crippen molar-refractivity contribution in [3.8, 4) is 11.5 Å². The van der Waals surface area contributed by atoms with Crippen molar-refractivity contribution in [3.05, 3.63) is 23.8 Å². The molecule has 0 radical (unpaired) electrons. The van der Waals surface area contributed by atoms with Gasteiger partial charge in [-0.25, -0.2) is 0 Å². The second-order valence-electron chi connectivity index (χ2n) is 3.99. The van der Waals surface area contributed by atoms with Gasteiger partial charge in [0.1, 0.15) is 24.2 Å². The highest BCUT2D eigenvalue weighted by atomic mass is 16.7. The van der Waals surface area contributed by atoms with Crippen LogP contribution in [0.2, 0.25) is 0 Å². The number of ether oxygens (including phenoxy) is 4. The Kier molecular flexibility index (Phi) is 6.78. The fourth-order valence-electron chi connectivity index (χ4n) is 1.47. The van der Waals surface area contributed by atoms with Crippen LogP contribution in [-0.4, -0.2) is 51.3 Å². The number of hydrogen-bond donors (Lipinski definition) is 2. The number of carbonyl (C=O) groups excluding carboxylic acids is 1. The number of benzene rings is 1. The van der Waals surface area contributed by atoms with Gasteiger partial charge in [0.05, 0.1) is 12.2 Å². The van der Waals surface area contributed by atoms with Crippen molar-refractivity contribution in [2.75, 3.05) is 34.2 Å². The van der Waals surface area contributed by atoms with Gasteiger partial charge in [-0.05, 0) is 18.2 Å². The fraction of sp³-hybridized carbons (Fsp3) is 0.462. The van der Waals surface area contributed by atoms with Crippen molar-refractivity contribution in [1.29, 1.82) is 0 Å². The minimum Gasteiger partial charge on any atom is -0.490 e. The molecule has 7 nitrogen and oxygen atoms in total. The van der Waals surface area contributed by atoms with Gasteiger partial charge in [0.2, 0.25) is 0 Å². The average molecular weight is 285 g/mol. The van der Waals surface area contributed by atoms with Crippen LogP contribution >= 0.6 is 0 Å². The minimum absolute atomic E-state index is 0.00754. The van der Waals surface area contributed by atoms with Crippen LogP contribution in [-0.2, 0) is 9.47 Å². The molecule has 0 aromatic heterocycles. The number of nitrogens with two attached hydrogens (primary N) is 1. The molecule has 0 aliphatic rings. The van der Waals surface area contributed by atoms with E-state index in [0.29, 0.717) is 5.75 Å². The molecule has 1 atom stereocenters. The predicted molar refractivity (Wildman–Crippen MR) is 70.8 cm³/mol. The summed E-state index contributed by atoms with van der Waals surface area (Å²) in [4.78, 5) is 11.4. The number of aliphatic hydroxyl groups is 1. The third-order valence-corrected chi connectivity index (χ3v) is 2.35. The Morgan fingerprint density at radius 2 is 2.00 bits per heavy atom. The van der Waals surface area contributed by atoms with E-state index in [2.05, 4.69) is 0 Å². The summed E-state index contributed by atoms with van der Waals surface area (Å²) >= 11 is 0. The lowest BCUT2D eigenvalue weighted by molar-refractivity contribution is 0.0321. The Hall–Kier alpha value is -1.83. The van der Waals surface area contributed by atoms with Crippen LogP contribution in [0.4, 0.5) is 0 Å². The molecule has 0 aliphatic carbocycles. The van der Waals surface area contributed by atoms with Gasteiger partial charge in [-0.15, -0.1) is 0 Å². The molecule has 7 heteroatoms. The predicted octanol–water partition coefficient (Wildman–Crippen LogP) is 0.154. The maximum Gasteiger partial charge on any atom is 0.252 e. The van der Waals surface area contributed by atoms with Gasteiger partial charge < -0.3 is 29.8 Å². The molecule has 0 aliphatic heterocycles. The molecule has 1 rings (SSSR count). The van der Waals surface area contributed by atoms with Gasteiger partial charge in [0.25, 0.3) is 5.91 Å². The molecule has 20 heavy (non-hydrogen) atoms. The normalized spacial score (nSPS) is 11.9. The molecule has 1 aromatic carbocycles. The van der Waals surface area contributed by atoms with E-state index < -0.39 is 12.0 Å². The Morgan fingerprint density at radius 3 is 2.60 bits per heavy atom. The van der Waals surface area contributed by atoms with Crippen LogP contribution in [0.15, 0.2) is 18.2 Å². The lowest BCUT2D eigenvalue weighted by Crippen LogP contribution is -2.23. The van der Waals surface area contributed by atoms with E-state index in [-0.39, 0.29) is 31.3 Å². The third-order valence-electron chi connectivity index (χ3n) is 2.35. The summed E-state index contributed by atoms with van der Waals surface area (Å²) in [7, 11) is 2.96. The van der Waals surface area contributed by atoms with Crippen molar-refractivity contribution in [3.63, 3.8) is 0 Å². The van der Waals surface area contributed by atoms with Crippen molar-refractivity contribution >= 4 is 5.91 Å². The summed E-state index contributed by atoms with van der Waals surface area (Å²) in [6.45, 7) is 0.193. The first-order chi connectivity index (χ1) is 9.58. The maximum absolute atomic E-state index is 11.4. The van der Waals surface area contributed by atoms with Crippen molar-refractivity contribution in [2.24, 2.45) is 5.73 Å². The molecule has 1 amide bonds. The molecule has 0 unspecified atom stereocenters. The second kappa shape index (κ2) is 8.36. The monoisotopic (exact) mass is 285 g/mol. The van der Waals surface area contributed by atoms with Crippen LogP contribution in [0, 0.1) is 0 Å². The summed E-state index contributed by atoms with van der Waals surface area (Å²) in [6.07, 6.45) is -0.787. The second-order valence-corrected chi connectivity index (χ2v) is 3.99. The number of amides is 1. The maximum atomic E-state index is 11.4. The van der Waals surface area contributed by atoms with Gasteiger partial charge >= 0.3 is 0 Å². The number of aliphatic hydroxyl groups excluding tert-OH is 1. The summed E-state index contributed by atoms with van der Waals surface area (Å²) in [5.41, 5.74) is 5.45. The topological polar surface area (TPSA) is 100 Å². The van der Waals surface area contributed by atoms with Gasteiger partial charge in [0.15, 0.2) is 6.79 Å². The highest BCUT2D eigenvalue weighted by molar-refractivity contribution is 5.96. The van der Waals surface area contributed by atoms with E-state index in [1.54, 1.807) is 12.1 Å². The molecule has 0 bridgehead atoms. The molecular formula is C13H19NO6. The molecule has 1 aromatic rings. The number of methoxy groups -OCH3 is 2. The first-order valence-corrected chi connectivity index (χ1v) is 5.93. The SMILES string of the molecule is COCOc1ccc(OC[C@H](O)COC)c(C(N)=O)c1. The van der Waals surface area contributed by atoms with Crippen molar-refractivity contribution < 1.29 is 28.8 Å². The first-order valence-electron chi connectivity index (χ1n) is 5.93. The smallest absolute Gasteiger partial charge is 0.252 e. The van der Waals surface area contributed by atoms with E-state index in [0.717, 1.165) is 0 Å². The van der Waals surface area contributed by atoms with E-state index in [1.165, 1.54) is 20.3 Å². The number of carbonyl (C=O) groups is 1. The Balaban J connectivity index is 2.76. The lowest BCUT2D eigenvalue weighted by Gasteiger charge is -2.14. The summed E-state index contributed by atoms with van der Waals surface area (Å²) in [6, 6.07) is 4.62. The largest absolute Gasteiger partial charge is 0.490 e. The zero-order valence-corrected chi connectivity index (χ0v) is 11.5. The summed E-state index contributed by atoms with van der Waals surface area (Å²) < 4.78 is 20.1. The molecule has 0 heterocycles. The molecule has 0 saturated carbocycles. The Labute approximate surface area is 117 Å². The van der Waals surface area contributed by atoms with E-state index >= 15 is 0 Å². The third kappa shape index (κ3) is 5.04. The molecule has 112 valence electrons. The Morgan fingerprint density at radius 1 is 1.25 bits per heavy atom. The van der Waals surface area contributed by atoms with E-state index in [1.807, 2.05) is 0 Å². The van der Waals surface area contributed by atoms with Crippen LogP contribution in [0.25, 0.3) is 0 Å². The highest BCUT2D eigenvalue weighted by Gasteiger charge is 2.13. The number of primary amides is 1. The van der Waals surface area contributed by atoms with E-state index in [9.17, 15) is 9.90 Å². The molecular weight excluding hydrogens is 266 g/mol. The molecule has 3 N–H and O–H groups in total. The van der Waals surface area contributed by atoms with Gasteiger partial charge in [-0.1, -0.05) is 0 Å². The van der Waals surface area contributed by atoms with Crippen molar-refractivity contribution in [2.45, 2.75) is 6.10 Å². The van der Waals surface area contributed by atoms with Crippen LogP contribution in [0.1, 0.15) is 10.4 Å². The van der Waals surface area contributed by atoms with Crippen LogP contribution < -0.4 is 15.2 Å². The standard InChI is InChI=1S/C13H19NO6/c1-17-6-9(15)7-19-12-4-3-10(20-8-18-2)5-11(12)13(14)16/h3-5,9,15H,6-8H2,1-2H3,(H2,14,16)/t9-/m1/s1. The van der Waals surface area contributed by atoms with Gasteiger partial charge in [-0.3, -0.25) is 4.79 Å². The lowest BCUT2D eigenvalue weighted by atomic mass is 10.2. The minimum atomic E-state index is -0.787. The van der Waals surface area contributed by atoms with Crippen molar-refractivity contribution in [1.82, 2.24) is 0 Å². The average Bonchev–Trinajstić information content (AvgIpc) is 2.43. The van der Waals surface area contributed by atoms with Crippen LogP contribution in [0.3, 0.4) is 0 Å². The van der Waals surface area contributed by atoms with Gasteiger partial charge in [-0.2, -0.15) is 0 Å². The van der Waals surface area contributed by atoms with Crippen LogP contribution in [0.5, 0.6) is 11.5 Å².